The van der Waals surface area contributed by atoms with E-state index in [-0.39, 0.29) is 12.5 Å². The van der Waals surface area contributed by atoms with Gasteiger partial charge >= 0.3 is 0 Å². The zero-order chi connectivity index (χ0) is 20.2. The average Bonchev–Trinajstić information content (AvgIpc) is 3.41. The van der Waals surface area contributed by atoms with Crippen LogP contribution in [0.4, 0.5) is 0 Å². The number of ether oxygens (including phenoxy) is 1. The van der Waals surface area contributed by atoms with Gasteiger partial charge in [-0.25, -0.2) is 0 Å². The van der Waals surface area contributed by atoms with E-state index in [2.05, 4.69) is 15.0 Å². The van der Waals surface area contributed by atoms with Gasteiger partial charge in [-0.1, -0.05) is 34.4 Å². The third-order valence-corrected chi connectivity index (χ3v) is 6.15. The van der Waals surface area contributed by atoms with Crippen LogP contribution >= 0.6 is 34.5 Å². The minimum atomic E-state index is -0.0616. The Kier molecular flexibility index (Phi) is 6.34. The van der Waals surface area contributed by atoms with Crippen molar-refractivity contribution in [3.05, 3.63) is 51.6 Å². The second-order valence-electron chi connectivity index (χ2n) is 6.51. The number of hydrogen-bond donors (Lipinski definition) is 0. The van der Waals surface area contributed by atoms with Gasteiger partial charge in [0, 0.05) is 32.2 Å². The van der Waals surface area contributed by atoms with Gasteiger partial charge in [-0.15, -0.1) is 11.3 Å². The van der Waals surface area contributed by atoms with Crippen molar-refractivity contribution in [2.24, 2.45) is 0 Å². The van der Waals surface area contributed by atoms with Gasteiger partial charge in [-0.3, -0.25) is 9.69 Å². The molecule has 29 heavy (non-hydrogen) atoms. The first-order chi connectivity index (χ1) is 14.1. The molecular formula is C19H18Cl2N4O3S. The van der Waals surface area contributed by atoms with Gasteiger partial charge in [0.25, 0.3) is 5.91 Å². The molecule has 0 unspecified atom stereocenters. The standard InChI is InChI=1S/C19H18Cl2N4O3S/c20-14-4-3-13(10-15(14)21)27-12-18(26)25-7-5-24(6-8-25)11-17-22-19(23-28-17)16-2-1-9-29-16/h1-4,9-10H,5-8,11-12H2. The summed E-state index contributed by atoms with van der Waals surface area (Å²) in [5.41, 5.74) is 0. The number of amides is 1. The van der Waals surface area contributed by atoms with E-state index in [4.69, 9.17) is 32.5 Å². The lowest BCUT2D eigenvalue weighted by Crippen LogP contribution is -2.49. The molecule has 2 aromatic heterocycles. The predicted octanol–water partition coefficient (Wildman–Crippen LogP) is 3.83. The zero-order valence-corrected chi connectivity index (χ0v) is 17.7. The van der Waals surface area contributed by atoms with Crippen LogP contribution < -0.4 is 4.74 Å². The smallest absolute Gasteiger partial charge is 0.260 e. The predicted molar refractivity (Wildman–Crippen MR) is 111 cm³/mol. The summed E-state index contributed by atoms with van der Waals surface area (Å²) in [5, 5.41) is 6.86. The molecule has 3 heterocycles. The Bertz CT molecular complexity index is 972. The largest absolute Gasteiger partial charge is 0.484 e. The fourth-order valence-corrected chi connectivity index (χ4v) is 3.91. The van der Waals surface area contributed by atoms with E-state index in [1.54, 1.807) is 34.4 Å². The highest BCUT2D eigenvalue weighted by molar-refractivity contribution is 7.13. The first-order valence-electron chi connectivity index (χ1n) is 9.03. The molecule has 1 aliphatic rings. The van der Waals surface area contributed by atoms with Crippen molar-refractivity contribution in [1.82, 2.24) is 19.9 Å². The lowest BCUT2D eigenvalue weighted by molar-refractivity contribution is -0.135. The SMILES string of the molecule is O=C(COc1ccc(Cl)c(Cl)c1)N1CCN(Cc2nc(-c3cccs3)no2)CC1. The van der Waals surface area contributed by atoms with Crippen molar-refractivity contribution in [2.45, 2.75) is 6.54 Å². The monoisotopic (exact) mass is 452 g/mol. The summed E-state index contributed by atoms with van der Waals surface area (Å²) in [7, 11) is 0. The van der Waals surface area contributed by atoms with Crippen molar-refractivity contribution in [3.63, 3.8) is 0 Å². The minimum Gasteiger partial charge on any atom is -0.484 e. The van der Waals surface area contributed by atoms with E-state index in [1.807, 2.05) is 17.5 Å². The summed E-state index contributed by atoms with van der Waals surface area (Å²) < 4.78 is 10.9. The van der Waals surface area contributed by atoms with Gasteiger partial charge in [-0.2, -0.15) is 4.98 Å². The number of rotatable bonds is 6. The van der Waals surface area contributed by atoms with E-state index in [9.17, 15) is 4.79 Å². The van der Waals surface area contributed by atoms with E-state index >= 15 is 0 Å². The highest BCUT2D eigenvalue weighted by Crippen LogP contribution is 2.26. The molecule has 0 radical (unpaired) electrons. The van der Waals surface area contributed by atoms with Crippen LogP contribution in [0.1, 0.15) is 5.89 Å². The third kappa shape index (κ3) is 5.08. The van der Waals surface area contributed by atoms with Crippen molar-refractivity contribution in [2.75, 3.05) is 32.8 Å². The van der Waals surface area contributed by atoms with Crippen LogP contribution in [0.25, 0.3) is 10.7 Å². The Hall–Kier alpha value is -2.13. The van der Waals surface area contributed by atoms with Gasteiger partial charge in [0.05, 0.1) is 21.5 Å². The Morgan fingerprint density at radius 3 is 2.72 bits per heavy atom. The lowest BCUT2D eigenvalue weighted by atomic mass is 10.3. The average molecular weight is 453 g/mol. The molecule has 0 aliphatic carbocycles. The van der Waals surface area contributed by atoms with Gasteiger partial charge in [0.15, 0.2) is 6.61 Å². The van der Waals surface area contributed by atoms with Crippen molar-refractivity contribution < 1.29 is 14.1 Å². The maximum absolute atomic E-state index is 12.4. The maximum Gasteiger partial charge on any atom is 0.260 e. The Labute approximate surface area is 181 Å². The van der Waals surface area contributed by atoms with Crippen LogP contribution in [0.2, 0.25) is 10.0 Å². The van der Waals surface area contributed by atoms with Crippen molar-refractivity contribution in [3.8, 4) is 16.5 Å². The Balaban J connectivity index is 1.23. The molecule has 3 aromatic rings. The molecule has 0 saturated carbocycles. The number of piperazine rings is 1. The van der Waals surface area contributed by atoms with E-state index in [0.29, 0.717) is 47.1 Å². The molecule has 1 aliphatic heterocycles. The Morgan fingerprint density at radius 1 is 1.17 bits per heavy atom. The molecular weight excluding hydrogens is 435 g/mol. The fourth-order valence-electron chi connectivity index (χ4n) is 2.97. The molecule has 0 spiro atoms. The minimum absolute atomic E-state index is 0.0359. The maximum atomic E-state index is 12.4. The van der Waals surface area contributed by atoms with E-state index in [0.717, 1.165) is 18.0 Å². The first-order valence-corrected chi connectivity index (χ1v) is 10.7. The summed E-state index contributed by atoms with van der Waals surface area (Å²) in [6.45, 7) is 3.24. The Morgan fingerprint density at radius 2 is 2.00 bits per heavy atom. The van der Waals surface area contributed by atoms with Crippen molar-refractivity contribution >= 4 is 40.4 Å². The molecule has 4 rings (SSSR count). The van der Waals surface area contributed by atoms with Crippen LogP contribution in [0.15, 0.2) is 40.2 Å². The summed E-state index contributed by atoms with van der Waals surface area (Å²) in [6, 6.07) is 8.85. The van der Waals surface area contributed by atoms with Crippen LogP contribution in [-0.4, -0.2) is 58.6 Å². The quantitative estimate of drug-likeness (QED) is 0.565. The summed E-state index contributed by atoms with van der Waals surface area (Å²) in [4.78, 5) is 21.8. The number of carbonyl (C=O) groups excluding carboxylic acids is 1. The molecule has 1 aromatic carbocycles. The number of halogens is 2. The molecule has 10 heteroatoms. The third-order valence-electron chi connectivity index (χ3n) is 4.55. The van der Waals surface area contributed by atoms with Crippen LogP contribution in [0.3, 0.4) is 0 Å². The topological polar surface area (TPSA) is 71.7 Å². The number of benzene rings is 1. The molecule has 0 N–H and O–H groups in total. The molecule has 1 saturated heterocycles. The fraction of sp³-hybridized carbons (Fsp3) is 0.316. The summed E-state index contributed by atoms with van der Waals surface area (Å²) >= 11 is 13.4. The highest BCUT2D eigenvalue weighted by Gasteiger charge is 2.23. The molecule has 1 fully saturated rings. The molecule has 152 valence electrons. The number of hydrogen-bond acceptors (Lipinski definition) is 7. The number of nitrogens with zero attached hydrogens (tertiary/aromatic N) is 4. The van der Waals surface area contributed by atoms with Crippen molar-refractivity contribution in [1.29, 1.82) is 0 Å². The second kappa shape index (κ2) is 9.13. The molecule has 1 amide bonds. The van der Waals surface area contributed by atoms with Gasteiger partial charge in [0.2, 0.25) is 11.7 Å². The van der Waals surface area contributed by atoms with Crippen LogP contribution in [0.5, 0.6) is 5.75 Å². The number of carbonyl (C=O) groups is 1. The van der Waals surface area contributed by atoms with E-state index in [1.165, 1.54) is 0 Å². The number of aromatic nitrogens is 2. The van der Waals surface area contributed by atoms with Crippen LogP contribution in [-0.2, 0) is 11.3 Å². The van der Waals surface area contributed by atoms with Crippen LogP contribution in [0, 0.1) is 0 Å². The summed E-state index contributed by atoms with van der Waals surface area (Å²) in [6.07, 6.45) is 0. The van der Waals surface area contributed by atoms with Gasteiger partial charge in [-0.05, 0) is 23.6 Å². The first kappa shape index (κ1) is 20.2. The number of thiophene rings is 1. The molecule has 0 atom stereocenters. The van der Waals surface area contributed by atoms with Gasteiger partial charge < -0.3 is 14.2 Å². The second-order valence-corrected chi connectivity index (χ2v) is 8.27. The van der Waals surface area contributed by atoms with E-state index < -0.39 is 0 Å². The normalized spacial score (nSPS) is 14.9. The van der Waals surface area contributed by atoms with Gasteiger partial charge in [0.1, 0.15) is 5.75 Å². The lowest BCUT2D eigenvalue weighted by Gasteiger charge is -2.33. The highest BCUT2D eigenvalue weighted by atomic mass is 35.5. The summed E-state index contributed by atoms with van der Waals surface area (Å²) in [5.74, 6) is 1.65. The molecule has 7 nitrogen and oxygen atoms in total. The molecule has 0 bridgehead atoms. The zero-order valence-electron chi connectivity index (χ0n) is 15.4.